The van der Waals surface area contributed by atoms with Gasteiger partial charge < -0.3 is 9.26 Å². The van der Waals surface area contributed by atoms with Gasteiger partial charge in [0.15, 0.2) is 6.61 Å². The second-order valence-corrected chi connectivity index (χ2v) is 6.49. The summed E-state index contributed by atoms with van der Waals surface area (Å²) in [6.07, 6.45) is -4.47. The van der Waals surface area contributed by atoms with E-state index in [-0.39, 0.29) is 23.9 Å². The van der Waals surface area contributed by atoms with Crippen molar-refractivity contribution in [2.24, 2.45) is 0 Å². The van der Waals surface area contributed by atoms with Crippen molar-refractivity contribution < 1.29 is 27.2 Å². The molecule has 0 amide bonds. The highest BCUT2D eigenvalue weighted by Crippen LogP contribution is 2.31. The predicted octanol–water partition coefficient (Wildman–Crippen LogP) is 4.83. The third-order valence-corrected chi connectivity index (χ3v) is 4.23. The van der Waals surface area contributed by atoms with Crippen LogP contribution in [-0.2, 0) is 17.5 Å². The Labute approximate surface area is 148 Å². The molecule has 0 aliphatic heterocycles. The summed E-state index contributed by atoms with van der Waals surface area (Å²) in [5, 5.41) is 3.60. The zero-order valence-corrected chi connectivity index (χ0v) is 13.8. The molecule has 3 aromatic rings. The van der Waals surface area contributed by atoms with E-state index in [1.54, 1.807) is 6.07 Å². The van der Waals surface area contributed by atoms with Gasteiger partial charge in [0.25, 0.3) is 5.89 Å². The number of benzene rings is 1. The van der Waals surface area contributed by atoms with Crippen molar-refractivity contribution in [2.75, 3.05) is 0 Å². The number of halogens is 4. The van der Waals surface area contributed by atoms with Crippen LogP contribution >= 0.6 is 22.9 Å². The van der Waals surface area contributed by atoms with Gasteiger partial charge in [-0.05, 0) is 24.3 Å². The van der Waals surface area contributed by atoms with Crippen LogP contribution in [0.5, 0.6) is 0 Å². The summed E-state index contributed by atoms with van der Waals surface area (Å²) in [5.41, 5.74) is -0.682. The average Bonchev–Trinajstić information content (AvgIpc) is 3.21. The molecule has 5 nitrogen and oxygen atoms in total. The van der Waals surface area contributed by atoms with E-state index in [1.165, 1.54) is 18.2 Å². The van der Waals surface area contributed by atoms with Crippen molar-refractivity contribution in [3.8, 4) is 11.4 Å². The molecule has 3 rings (SSSR count). The van der Waals surface area contributed by atoms with Gasteiger partial charge in [-0.1, -0.05) is 28.9 Å². The molecule has 1 aromatic carbocycles. The number of nitrogens with zero attached hydrogens (tertiary/aromatic N) is 2. The number of esters is 1. The van der Waals surface area contributed by atoms with Crippen LogP contribution in [0.4, 0.5) is 13.2 Å². The molecule has 0 fully saturated rings. The number of aromatic nitrogens is 2. The third kappa shape index (κ3) is 4.18. The van der Waals surface area contributed by atoms with Crippen LogP contribution in [-0.4, -0.2) is 16.1 Å². The Hall–Kier alpha value is -2.39. The standard InChI is InChI=1S/C15H8ClF3N2O3S/c16-11-5-4-10(25-11)14(22)23-7-12-20-13(21-24-12)8-2-1-3-9(6-8)15(17,18)19/h1-6H,7H2. The summed E-state index contributed by atoms with van der Waals surface area (Å²) in [6.45, 7) is -0.305. The van der Waals surface area contributed by atoms with Crippen LogP contribution in [0.1, 0.15) is 21.1 Å². The van der Waals surface area contributed by atoms with E-state index in [0.29, 0.717) is 9.21 Å². The van der Waals surface area contributed by atoms with Gasteiger partial charge >= 0.3 is 12.1 Å². The Morgan fingerprint density at radius 2 is 2.08 bits per heavy atom. The highest BCUT2D eigenvalue weighted by Gasteiger charge is 2.30. The molecule has 2 aromatic heterocycles. The van der Waals surface area contributed by atoms with Gasteiger partial charge in [0.2, 0.25) is 5.82 Å². The maximum absolute atomic E-state index is 12.7. The van der Waals surface area contributed by atoms with Crippen LogP contribution in [0.15, 0.2) is 40.9 Å². The molecule has 0 saturated heterocycles. The van der Waals surface area contributed by atoms with Crippen LogP contribution in [0.25, 0.3) is 11.4 Å². The number of ether oxygens (including phenoxy) is 1. The van der Waals surface area contributed by atoms with E-state index >= 15 is 0 Å². The quantitative estimate of drug-likeness (QED) is 0.599. The van der Waals surface area contributed by atoms with Gasteiger partial charge in [-0.25, -0.2) is 4.79 Å². The second kappa shape index (κ2) is 6.85. The van der Waals surface area contributed by atoms with Crippen LogP contribution in [0.2, 0.25) is 4.34 Å². The zero-order valence-electron chi connectivity index (χ0n) is 12.2. The van der Waals surface area contributed by atoms with Crippen molar-refractivity contribution in [3.63, 3.8) is 0 Å². The molecule has 0 N–H and O–H groups in total. The molecule has 130 valence electrons. The Bertz CT molecular complexity index is 907. The van der Waals surface area contributed by atoms with Gasteiger partial charge in [0, 0.05) is 5.56 Å². The Morgan fingerprint density at radius 3 is 2.76 bits per heavy atom. The maximum atomic E-state index is 12.7. The molecule has 0 unspecified atom stereocenters. The molecule has 0 spiro atoms. The first kappa shape index (κ1) is 17.4. The van der Waals surface area contributed by atoms with E-state index in [0.717, 1.165) is 23.5 Å². The fourth-order valence-electron chi connectivity index (χ4n) is 1.89. The first-order valence-electron chi connectivity index (χ1n) is 6.75. The van der Waals surface area contributed by atoms with Crippen molar-refractivity contribution in [1.82, 2.24) is 10.1 Å². The van der Waals surface area contributed by atoms with Gasteiger partial charge in [0.1, 0.15) is 4.88 Å². The van der Waals surface area contributed by atoms with Crippen molar-refractivity contribution in [2.45, 2.75) is 12.8 Å². The maximum Gasteiger partial charge on any atom is 0.416 e. The van der Waals surface area contributed by atoms with E-state index in [4.69, 9.17) is 20.9 Å². The molecule has 0 saturated carbocycles. The Balaban J connectivity index is 1.69. The number of alkyl halides is 3. The molecule has 0 bridgehead atoms. The normalized spacial score (nSPS) is 11.5. The highest BCUT2D eigenvalue weighted by molar-refractivity contribution is 7.17. The number of hydrogen-bond donors (Lipinski definition) is 0. The summed E-state index contributed by atoms with van der Waals surface area (Å²) in [6, 6.07) is 7.59. The summed E-state index contributed by atoms with van der Waals surface area (Å²) >= 11 is 6.78. The van der Waals surface area contributed by atoms with E-state index in [1.807, 2.05) is 0 Å². The van der Waals surface area contributed by atoms with E-state index < -0.39 is 17.7 Å². The number of thiophene rings is 1. The third-order valence-electron chi connectivity index (χ3n) is 3.02. The Kier molecular flexibility index (Phi) is 4.78. The first-order chi connectivity index (χ1) is 11.8. The Morgan fingerprint density at radius 1 is 1.28 bits per heavy atom. The lowest BCUT2D eigenvalue weighted by Crippen LogP contribution is -2.04. The van der Waals surface area contributed by atoms with Crippen molar-refractivity contribution >= 4 is 28.9 Å². The molecule has 0 aliphatic carbocycles. The topological polar surface area (TPSA) is 65.2 Å². The average molecular weight is 389 g/mol. The van der Waals surface area contributed by atoms with Gasteiger partial charge in [-0.15, -0.1) is 11.3 Å². The lowest BCUT2D eigenvalue weighted by atomic mass is 10.1. The molecular weight excluding hydrogens is 381 g/mol. The minimum atomic E-state index is -4.47. The lowest BCUT2D eigenvalue weighted by molar-refractivity contribution is -0.137. The van der Waals surface area contributed by atoms with Crippen LogP contribution in [0.3, 0.4) is 0 Å². The number of carbonyl (C=O) groups excluding carboxylic acids is 1. The number of hydrogen-bond acceptors (Lipinski definition) is 6. The molecule has 0 atom stereocenters. The summed E-state index contributed by atoms with van der Waals surface area (Å²) in [5.74, 6) is -0.685. The lowest BCUT2D eigenvalue weighted by Gasteiger charge is -2.06. The van der Waals surface area contributed by atoms with E-state index in [2.05, 4.69) is 10.1 Å². The summed E-state index contributed by atoms with van der Waals surface area (Å²) < 4.78 is 48.5. The van der Waals surface area contributed by atoms with Crippen LogP contribution < -0.4 is 0 Å². The number of carbonyl (C=O) groups is 1. The van der Waals surface area contributed by atoms with Gasteiger partial charge in [-0.2, -0.15) is 18.2 Å². The summed E-state index contributed by atoms with van der Waals surface area (Å²) in [4.78, 5) is 16.0. The largest absolute Gasteiger partial charge is 0.451 e. The fourth-order valence-corrected chi connectivity index (χ4v) is 2.82. The minimum absolute atomic E-state index is 0.0312. The molecule has 25 heavy (non-hydrogen) atoms. The van der Waals surface area contributed by atoms with Crippen molar-refractivity contribution in [1.29, 1.82) is 0 Å². The highest BCUT2D eigenvalue weighted by atomic mass is 35.5. The molecule has 10 heteroatoms. The molecule has 2 heterocycles. The smallest absolute Gasteiger partial charge is 0.416 e. The van der Waals surface area contributed by atoms with Gasteiger partial charge in [-0.3, -0.25) is 0 Å². The first-order valence-corrected chi connectivity index (χ1v) is 7.95. The minimum Gasteiger partial charge on any atom is -0.451 e. The monoisotopic (exact) mass is 388 g/mol. The molecular formula is C15H8ClF3N2O3S. The molecule has 0 aliphatic rings. The van der Waals surface area contributed by atoms with Crippen LogP contribution in [0, 0.1) is 0 Å². The predicted molar refractivity (Wildman–Crippen MR) is 83.2 cm³/mol. The fraction of sp³-hybridized carbons (Fsp3) is 0.133. The second-order valence-electron chi connectivity index (χ2n) is 4.77. The zero-order chi connectivity index (χ0) is 18.0. The summed E-state index contributed by atoms with van der Waals surface area (Å²) in [7, 11) is 0. The SMILES string of the molecule is O=C(OCc1nc(-c2cccc(C(F)(F)F)c2)no1)c1ccc(Cl)s1. The number of rotatable bonds is 4. The van der Waals surface area contributed by atoms with Gasteiger partial charge in [0.05, 0.1) is 9.90 Å². The van der Waals surface area contributed by atoms with Crippen molar-refractivity contribution in [3.05, 3.63) is 57.1 Å². The van der Waals surface area contributed by atoms with E-state index in [9.17, 15) is 18.0 Å². The molecule has 0 radical (unpaired) electrons.